The summed E-state index contributed by atoms with van der Waals surface area (Å²) in [5.41, 5.74) is -0.895. The lowest BCUT2D eigenvalue weighted by atomic mass is 10.2. The van der Waals surface area contributed by atoms with Crippen molar-refractivity contribution in [3.63, 3.8) is 0 Å². The van der Waals surface area contributed by atoms with E-state index in [-0.39, 0.29) is 23.4 Å². The van der Waals surface area contributed by atoms with Gasteiger partial charge in [-0.1, -0.05) is 23.7 Å². The number of aromatic nitrogens is 1. The zero-order valence-electron chi connectivity index (χ0n) is 15.6. The molecule has 1 aromatic carbocycles. The Morgan fingerprint density at radius 2 is 1.83 bits per heavy atom. The number of alkyl halides is 3. The van der Waals surface area contributed by atoms with Crippen molar-refractivity contribution in [1.29, 1.82) is 0 Å². The minimum absolute atomic E-state index is 0.0703. The van der Waals surface area contributed by atoms with E-state index in [1.807, 2.05) is 0 Å². The number of methoxy groups -OCH3 is 1. The number of pyridine rings is 1. The molecular weight excluding hydrogens is 411 g/mol. The van der Waals surface area contributed by atoms with E-state index < -0.39 is 11.7 Å². The number of halogens is 4. The lowest BCUT2D eigenvalue weighted by Gasteiger charge is -2.35. The fraction of sp³-hybridized carbons (Fsp3) is 0.368. The Labute approximate surface area is 170 Å². The first-order valence-electron chi connectivity index (χ1n) is 8.81. The molecule has 0 atom stereocenters. The summed E-state index contributed by atoms with van der Waals surface area (Å²) in [5.74, 6) is 1.09. The standard InChI is InChI=1S/C19H19ClF3N3O3/c1-28-15-4-2-3-5-16(15)29-12-17(27)25-6-8-26(9-7-25)18-14(20)10-13(11-24-18)19(21,22)23/h2-5,10-11H,6-9,12H2,1H3. The van der Waals surface area contributed by atoms with Gasteiger partial charge in [0.05, 0.1) is 17.7 Å². The number of amides is 1. The minimum Gasteiger partial charge on any atom is -0.493 e. The molecule has 0 bridgehead atoms. The number of carbonyl (C=O) groups excluding carboxylic acids is 1. The van der Waals surface area contributed by atoms with E-state index in [2.05, 4.69) is 4.98 Å². The third-order valence-corrected chi connectivity index (χ3v) is 4.78. The van der Waals surface area contributed by atoms with Crippen LogP contribution in [0, 0.1) is 0 Å². The maximum atomic E-state index is 12.7. The number of anilines is 1. The minimum atomic E-state index is -4.50. The maximum Gasteiger partial charge on any atom is 0.417 e. The topological polar surface area (TPSA) is 54.9 Å². The van der Waals surface area contributed by atoms with Crippen molar-refractivity contribution in [2.24, 2.45) is 0 Å². The van der Waals surface area contributed by atoms with Crippen LogP contribution in [0.2, 0.25) is 5.02 Å². The first kappa shape index (κ1) is 21.0. The van der Waals surface area contributed by atoms with Gasteiger partial charge >= 0.3 is 6.18 Å². The number of hydrogen-bond acceptors (Lipinski definition) is 5. The predicted molar refractivity (Wildman–Crippen MR) is 102 cm³/mol. The van der Waals surface area contributed by atoms with E-state index in [4.69, 9.17) is 21.1 Å². The van der Waals surface area contributed by atoms with Crippen molar-refractivity contribution in [3.8, 4) is 11.5 Å². The van der Waals surface area contributed by atoms with Crippen LogP contribution in [0.5, 0.6) is 11.5 Å². The van der Waals surface area contributed by atoms with Crippen molar-refractivity contribution in [2.75, 3.05) is 44.8 Å². The smallest absolute Gasteiger partial charge is 0.417 e. The van der Waals surface area contributed by atoms with Crippen LogP contribution in [-0.4, -0.2) is 55.7 Å². The van der Waals surface area contributed by atoms with Gasteiger partial charge in [-0.05, 0) is 18.2 Å². The SMILES string of the molecule is COc1ccccc1OCC(=O)N1CCN(c2ncc(C(F)(F)F)cc2Cl)CC1. The lowest BCUT2D eigenvalue weighted by molar-refractivity contribution is -0.138. The Balaban J connectivity index is 1.55. The van der Waals surface area contributed by atoms with Crippen LogP contribution in [-0.2, 0) is 11.0 Å². The number of piperazine rings is 1. The van der Waals surface area contributed by atoms with Crippen molar-refractivity contribution < 1.29 is 27.4 Å². The summed E-state index contributed by atoms with van der Waals surface area (Å²) in [4.78, 5) is 19.7. The zero-order valence-corrected chi connectivity index (χ0v) is 16.3. The molecule has 0 unspecified atom stereocenters. The van der Waals surface area contributed by atoms with Crippen LogP contribution in [0.4, 0.5) is 19.0 Å². The van der Waals surface area contributed by atoms with Gasteiger partial charge in [0.15, 0.2) is 18.1 Å². The largest absolute Gasteiger partial charge is 0.493 e. The van der Waals surface area contributed by atoms with Crippen LogP contribution in [0.1, 0.15) is 5.56 Å². The second kappa shape index (κ2) is 8.77. The molecule has 3 rings (SSSR count). The van der Waals surface area contributed by atoms with Crippen molar-refractivity contribution in [2.45, 2.75) is 6.18 Å². The average Bonchev–Trinajstić information content (AvgIpc) is 2.71. The van der Waals surface area contributed by atoms with E-state index >= 15 is 0 Å². The molecule has 2 heterocycles. The van der Waals surface area contributed by atoms with Gasteiger partial charge in [-0.25, -0.2) is 4.98 Å². The number of para-hydroxylation sites is 2. The van der Waals surface area contributed by atoms with Gasteiger partial charge in [0, 0.05) is 32.4 Å². The lowest BCUT2D eigenvalue weighted by Crippen LogP contribution is -2.50. The fourth-order valence-corrected chi connectivity index (χ4v) is 3.24. The quantitative estimate of drug-likeness (QED) is 0.728. The van der Waals surface area contributed by atoms with Gasteiger partial charge in [0.2, 0.25) is 0 Å². The Morgan fingerprint density at radius 1 is 1.17 bits per heavy atom. The van der Waals surface area contributed by atoms with Crippen LogP contribution in [0.15, 0.2) is 36.5 Å². The number of nitrogens with zero attached hydrogens (tertiary/aromatic N) is 3. The van der Waals surface area contributed by atoms with Crippen LogP contribution in [0.3, 0.4) is 0 Å². The highest BCUT2D eigenvalue weighted by atomic mass is 35.5. The highest BCUT2D eigenvalue weighted by molar-refractivity contribution is 6.33. The Morgan fingerprint density at radius 3 is 2.41 bits per heavy atom. The molecule has 1 amide bonds. The van der Waals surface area contributed by atoms with E-state index in [1.165, 1.54) is 7.11 Å². The molecule has 1 fully saturated rings. The molecule has 156 valence electrons. The number of rotatable bonds is 5. The molecule has 10 heteroatoms. The summed E-state index contributed by atoms with van der Waals surface area (Å²) in [7, 11) is 1.52. The molecule has 0 N–H and O–H groups in total. The third kappa shape index (κ3) is 5.03. The molecule has 1 saturated heterocycles. The van der Waals surface area contributed by atoms with Gasteiger partial charge in [-0.3, -0.25) is 4.79 Å². The summed E-state index contributed by atoms with van der Waals surface area (Å²) in [5, 5.41) is -0.0703. The molecule has 0 spiro atoms. The maximum absolute atomic E-state index is 12.7. The molecule has 29 heavy (non-hydrogen) atoms. The highest BCUT2D eigenvalue weighted by Gasteiger charge is 2.32. The Bertz CT molecular complexity index is 871. The first-order valence-corrected chi connectivity index (χ1v) is 9.18. The van der Waals surface area contributed by atoms with Gasteiger partial charge < -0.3 is 19.3 Å². The average molecular weight is 430 g/mol. The number of benzene rings is 1. The molecule has 1 aromatic heterocycles. The Hall–Kier alpha value is -2.68. The Kier molecular flexibility index (Phi) is 6.36. The third-order valence-electron chi connectivity index (χ3n) is 4.50. The van der Waals surface area contributed by atoms with Crippen LogP contribution < -0.4 is 14.4 Å². The van der Waals surface area contributed by atoms with Gasteiger partial charge in [0.1, 0.15) is 5.82 Å². The van der Waals surface area contributed by atoms with Crippen molar-refractivity contribution in [3.05, 3.63) is 47.1 Å². The van der Waals surface area contributed by atoms with Crippen molar-refractivity contribution >= 4 is 23.3 Å². The first-order chi connectivity index (χ1) is 13.8. The monoisotopic (exact) mass is 429 g/mol. The normalized spacial score (nSPS) is 14.7. The molecule has 2 aromatic rings. The molecular formula is C19H19ClF3N3O3. The van der Waals surface area contributed by atoms with Gasteiger partial charge in [0.25, 0.3) is 5.91 Å². The molecule has 0 radical (unpaired) electrons. The summed E-state index contributed by atoms with van der Waals surface area (Å²) < 4.78 is 49.0. The van der Waals surface area contributed by atoms with Crippen LogP contribution >= 0.6 is 11.6 Å². The summed E-state index contributed by atoms with van der Waals surface area (Å²) >= 11 is 6.00. The zero-order chi connectivity index (χ0) is 21.0. The molecule has 0 saturated carbocycles. The summed E-state index contributed by atoms with van der Waals surface area (Å²) in [6, 6.07) is 7.89. The number of ether oxygens (including phenoxy) is 2. The second-order valence-electron chi connectivity index (χ2n) is 6.33. The second-order valence-corrected chi connectivity index (χ2v) is 6.74. The van der Waals surface area contributed by atoms with Gasteiger partial charge in [-0.2, -0.15) is 13.2 Å². The van der Waals surface area contributed by atoms with E-state index in [0.717, 1.165) is 12.3 Å². The summed E-state index contributed by atoms with van der Waals surface area (Å²) in [6.45, 7) is 1.43. The van der Waals surface area contributed by atoms with E-state index in [9.17, 15) is 18.0 Å². The summed E-state index contributed by atoms with van der Waals surface area (Å²) in [6.07, 6.45) is -3.73. The fourth-order valence-electron chi connectivity index (χ4n) is 2.95. The number of hydrogen-bond donors (Lipinski definition) is 0. The van der Waals surface area contributed by atoms with E-state index in [1.54, 1.807) is 34.1 Å². The molecule has 1 aliphatic rings. The molecule has 6 nitrogen and oxygen atoms in total. The van der Waals surface area contributed by atoms with Gasteiger partial charge in [-0.15, -0.1) is 0 Å². The number of carbonyl (C=O) groups is 1. The predicted octanol–water partition coefficient (Wildman–Crippen LogP) is 3.49. The van der Waals surface area contributed by atoms with Crippen molar-refractivity contribution in [1.82, 2.24) is 9.88 Å². The van der Waals surface area contributed by atoms with Crippen LogP contribution in [0.25, 0.3) is 0 Å². The molecule has 1 aliphatic heterocycles. The van der Waals surface area contributed by atoms with E-state index in [0.29, 0.717) is 37.7 Å². The molecule has 0 aliphatic carbocycles. The highest BCUT2D eigenvalue weighted by Crippen LogP contribution is 2.33.